The lowest BCUT2D eigenvalue weighted by atomic mass is 9.82. The number of carbonyl (C=O) groups is 3. The van der Waals surface area contributed by atoms with Crippen molar-refractivity contribution in [3.05, 3.63) is 44.7 Å². The molecule has 2 aliphatic heterocycles. The minimum atomic E-state index is -1.23. The number of halogens is 1. The molecule has 154 valence electrons. The monoisotopic (exact) mass is 489 g/mol. The molecule has 0 saturated carbocycles. The number of hydrogen-bond donors (Lipinski definition) is 2. The third-order valence-electron chi connectivity index (χ3n) is 5.33. The summed E-state index contributed by atoms with van der Waals surface area (Å²) in [4.78, 5) is 38.3. The van der Waals surface area contributed by atoms with E-state index < -0.39 is 11.7 Å². The first-order chi connectivity index (χ1) is 14.3. The number of piperidine rings is 1. The summed E-state index contributed by atoms with van der Waals surface area (Å²) in [6, 6.07) is 8.45. The molecule has 0 unspecified atom stereocenters. The summed E-state index contributed by atoms with van der Waals surface area (Å²) in [6.07, 6.45) is -0.0658. The summed E-state index contributed by atoms with van der Waals surface area (Å²) >= 11 is 4.43. The number of ether oxygens (including phenoxy) is 1. The largest absolute Gasteiger partial charge is 0.486 e. The van der Waals surface area contributed by atoms with Gasteiger partial charge in [0.1, 0.15) is 16.4 Å². The van der Waals surface area contributed by atoms with Gasteiger partial charge in [0, 0.05) is 25.9 Å². The van der Waals surface area contributed by atoms with E-state index in [1.165, 1.54) is 0 Å². The Hall–Kier alpha value is -2.90. The number of ketones is 1. The Morgan fingerprint density at radius 3 is 2.70 bits per heavy atom. The highest BCUT2D eigenvalue weighted by Gasteiger charge is 2.44. The molecular weight excluding hydrogens is 474 g/mol. The van der Waals surface area contributed by atoms with Crippen molar-refractivity contribution in [2.24, 2.45) is 0 Å². The highest BCUT2D eigenvalue weighted by molar-refractivity contribution is 9.11. The number of anilines is 1. The molecule has 1 saturated heterocycles. The van der Waals surface area contributed by atoms with Crippen LogP contribution in [0.15, 0.2) is 28.1 Å². The zero-order valence-electron chi connectivity index (χ0n) is 15.6. The Bertz CT molecular complexity index is 1100. The fourth-order valence-corrected chi connectivity index (χ4v) is 5.32. The molecule has 1 aromatic carbocycles. The molecule has 1 fully saturated rings. The van der Waals surface area contributed by atoms with Crippen molar-refractivity contribution in [3.63, 3.8) is 0 Å². The van der Waals surface area contributed by atoms with Crippen molar-refractivity contribution in [1.29, 1.82) is 5.26 Å². The molecule has 30 heavy (non-hydrogen) atoms. The molecule has 2 amide bonds. The first-order valence-corrected chi connectivity index (χ1v) is 10.8. The standard InChI is InChI=1S/C20H16BrN3O5S/c21-16-8-13(17(30-16)23-19(27)28)18(26)24-5-3-20(4-6-24)9-14(25)12-7-11(10-22)1-2-15(12)29-20/h1-2,7-8,23H,3-6,9H2,(H,27,28). The zero-order valence-corrected chi connectivity index (χ0v) is 18.0. The Balaban J connectivity index is 1.49. The number of nitrogens with one attached hydrogen (secondary N) is 1. The fourth-order valence-electron chi connectivity index (χ4n) is 3.84. The van der Waals surface area contributed by atoms with Crippen molar-refractivity contribution in [1.82, 2.24) is 4.90 Å². The fraction of sp³-hybridized carbons (Fsp3) is 0.300. The number of carbonyl (C=O) groups excluding carboxylic acids is 2. The molecular formula is C20H16BrN3O5S. The van der Waals surface area contributed by atoms with E-state index in [-0.39, 0.29) is 23.1 Å². The Morgan fingerprint density at radius 1 is 1.30 bits per heavy atom. The van der Waals surface area contributed by atoms with E-state index in [0.717, 1.165) is 11.3 Å². The number of benzene rings is 1. The molecule has 1 spiro atoms. The number of rotatable bonds is 2. The maximum atomic E-state index is 13.0. The van der Waals surface area contributed by atoms with E-state index >= 15 is 0 Å². The molecule has 0 atom stereocenters. The van der Waals surface area contributed by atoms with Gasteiger partial charge in [-0.1, -0.05) is 0 Å². The first kappa shape index (κ1) is 20.4. The number of hydrogen-bond acceptors (Lipinski definition) is 6. The van der Waals surface area contributed by atoms with Crippen LogP contribution >= 0.6 is 27.3 Å². The molecule has 2 aliphatic rings. The molecule has 0 aliphatic carbocycles. The Labute approximate surface area is 184 Å². The van der Waals surface area contributed by atoms with E-state index in [1.54, 1.807) is 29.2 Å². The van der Waals surface area contributed by atoms with Gasteiger partial charge in [-0.3, -0.25) is 14.9 Å². The first-order valence-electron chi connectivity index (χ1n) is 9.15. The average molecular weight is 490 g/mol. The van der Waals surface area contributed by atoms with Gasteiger partial charge < -0.3 is 14.7 Å². The number of fused-ring (bicyclic) bond motifs is 1. The zero-order chi connectivity index (χ0) is 21.5. The predicted octanol–water partition coefficient (Wildman–Crippen LogP) is 4.11. The Kier molecular flexibility index (Phi) is 5.26. The summed E-state index contributed by atoms with van der Waals surface area (Å²) in [5.74, 6) is 0.138. The third kappa shape index (κ3) is 3.78. The van der Waals surface area contributed by atoms with E-state index in [9.17, 15) is 14.4 Å². The lowest BCUT2D eigenvalue weighted by Gasteiger charge is -2.44. The van der Waals surface area contributed by atoms with Crippen molar-refractivity contribution in [3.8, 4) is 11.8 Å². The van der Waals surface area contributed by atoms with Crippen LogP contribution in [0.4, 0.5) is 9.80 Å². The van der Waals surface area contributed by atoms with Gasteiger partial charge in [-0.05, 0) is 40.2 Å². The van der Waals surface area contributed by atoms with E-state index in [4.69, 9.17) is 15.1 Å². The van der Waals surface area contributed by atoms with Crippen LogP contribution in [0.3, 0.4) is 0 Å². The average Bonchev–Trinajstić information content (AvgIpc) is 3.07. The van der Waals surface area contributed by atoms with Crippen molar-refractivity contribution in [2.75, 3.05) is 18.4 Å². The number of amides is 2. The second-order valence-corrected chi connectivity index (χ2v) is 9.65. The van der Waals surface area contributed by atoms with Crippen LogP contribution < -0.4 is 10.1 Å². The van der Waals surface area contributed by atoms with Crippen LogP contribution in [0.2, 0.25) is 0 Å². The summed E-state index contributed by atoms with van der Waals surface area (Å²) in [6.45, 7) is 0.773. The van der Waals surface area contributed by atoms with Gasteiger partial charge in [0.2, 0.25) is 0 Å². The highest BCUT2D eigenvalue weighted by Crippen LogP contribution is 2.40. The maximum Gasteiger partial charge on any atom is 0.409 e. The molecule has 2 N–H and O–H groups in total. The van der Waals surface area contributed by atoms with Gasteiger partial charge in [-0.2, -0.15) is 5.26 Å². The highest BCUT2D eigenvalue weighted by atomic mass is 79.9. The minimum absolute atomic E-state index is 0.0668. The van der Waals surface area contributed by atoms with Crippen molar-refractivity contribution in [2.45, 2.75) is 24.9 Å². The molecule has 10 heteroatoms. The second kappa shape index (κ2) is 7.74. The number of likely N-dealkylation sites (tertiary alicyclic amines) is 1. The molecule has 1 aromatic heterocycles. The molecule has 8 nitrogen and oxygen atoms in total. The lowest BCUT2D eigenvalue weighted by molar-refractivity contribution is -0.00567. The third-order valence-corrected chi connectivity index (χ3v) is 6.89. The van der Waals surface area contributed by atoms with E-state index in [1.807, 2.05) is 6.07 Å². The quantitative estimate of drug-likeness (QED) is 0.654. The second-order valence-electron chi connectivity index (χ2n) is 7.22. The number of thiophene rings is 1. The summed E-state index contributed by atoms with van der Waals surface area (Å²) in [5, 5.41) is 20.6. The molecule has 0 bridgehead atoms. The van der Waals surface area contributed by atoms with Crippen LogP contribution in [0.1, 0.15) is 45.5 Å². The van der Waals surface area contributed by atoms with E-state index in [0.29, 0.717) is 52.2 Å². The van der Waals surface area contributed by atoms with Crippen LogP contribution in [-0.4, -0.2) is 46.5 Å². The lowest BCUT2D eigenvalue weighted by Crippen LogP contribution is -2.52. The Morgan fingerprint density at radius 2 is 2.03 bits per heavy atom. The van der Waals surface area contributed by atoms with E-state index in [2.05, 4.69) is 21.2 Å². The molecule has 0 radical (unpaired) electrons. The van der Waals surface area contributed by atoms with Gasteiger partial charge in [0.25, 0.3) is 5.91 Å². The van der Waals surface area contributed by atoms with Crippen LogP contribution in [0, 0.1) is 11.3 Å². The minimum Gasteiger partial charge on any atom is -0.486 e. The predicted molar refractivity (Wildman–Crippen MR) is 112 cm³/mol. The van der Waals surface area contributed by atoms with Crippen molar-refractivity contribution >= 4 is 50.1 Å². The number of nitriles is 1. The topological polar surface area (TPSA) is 120 Å². The molecule has 2 aromatic rings. The van der Waals surface area contributed by atoms with Crippen LogP contribution in [0.5, 0.6) is 5.75 Å². The number of nitrogens with zero attached hydrogens (tertiary/aromatic N) is 2. The SMILES string of the molecule is N#Cc1ccc2c(c1)C(=O)CC1(CCN(C(=O)c3cc(Br)sc3NC(=O)O)CC1)O2. The van der Waals surface area contributed by atoms with Crippen molar-refractivity contribution < 1.29 is 24.2 Å². The van der Waals surface area contributed by atoms with Gasteiger partial charge >= 0.3 is 6.09 Å². The number of Topliss-reactive ketones (excluding diaryl/α,β-unsaturated/α-hetero) is 1. The maximum absolute atomic E-state index is 13.0. The van der Waals surface area contributed by atoms with Gasteiger partial charge in [0.05, 0.1) is 33.0 Å². The number of carboxylic acid groups (broad SMARTS) is 1. The van der Waals surface area contributed by atoms with Gasteiger partial charge in [0.15, 0.2) is 5.78 Å². The van der Waals surface area contributed by atoms with Crippen LogP contribution in [0.25, 0.3) is 0 Å². The van der Waals surface area contributed by atoms with Gasteiger partial charge in [-0.15, -0.1) is 11.3 Å². The summed E-state index contributed by atoms with van der Waals surface area (Å²) < 4.78 is 6.83. The summed E-state index contributed by atoms with van der Waals surface area (Å²) in [5.41, 5.74) is 0.451. The molecule has 3 heterocycles. The molecule has 4 rings (SSSR count). The van der Waals surface area contributed by atoms with Crippen LogP contribution in [-0.2, 0) is 0 Å². The smallest absolute Gasteiger partial charge is 0.409 e. The normalized spacial score (nSPS) is 17.1. The summed E-state index contributed by atoms with van der Waals surface area (Å²) in [7, 11) is 0. The van der Waals surface area contributed by atoms with Gasteiger partial charge in [-0.25, -0.2) is 4.79 Å².